The molecule has 2 rings (SSSR count). The number of likely N-dealkylation sites (N-methyl/N-ethyl adjacent to an activating group) is 1. The van der Waals surface area contributed by atoms with Gasteiger partial charge in [0.2, 0.25) is 5.91 Å². The smallest absolute Gasteiger partial charge is 0.251 e. The molecule has 1 aromatic rings. The van der Waals surface area contributed by atoms with Gasteiger partial charge in [-0.2, -0.15) is 0 Å². The average Bonchev–Trinajstić information content (AvgIpc) is 2.72. The van der Waals surface area contributed by atoms with Gasteiger partial charge in [-0.05, 0) is 75.1 Å². The number of amides is 2. The Morgan fingerprint density at radius 3 is 2.54 bits per heavy atom. The van der Waals surface area contributed by atoms with Crippen LogP contribution in [0.3, 0.4) is 0 Å². The second-order valence-corrected chi connectivity index (χ2v) is 7.70. The molecule has 0 aromatic heterocycles. The van der Waals surface area contributed by atoms with Gasteiger partial charge in [-0.15, -0.1) is 0 Å². The summed E-state index contributed by atoms with van der Waals surface area (Å²) >= 11 is 0. The van der Waals surface area contributed by atoms with E-state index in [1.165, 1.54) is 12.8 Å². The van der Waals surface area contributed by atoms with Crippen LogP contribution in [0.5, 0.6) is 0 Å². The van der Waals surface area contributed by atoms with E-state index < -0.39 is 0 Å². The van der Waals surface area contributed by atoms with Crippen LogP contribution < -0.4 is 16.0 Å². The third-order valence-corrected chi connectivity index (χ3v) is 5.69. The van der Waals surface area contributed by atoms with Crippen LogP contribution in [-0.2, 0) is 4.79 Å². The zero-order valence-corrected chi connectivity index (χ0v) is 17.6. The first kappa shape index (κ1) is 22.4. The molecule has 0 spiro atoms. The first-order valence-corrected chi connectivity index (χ1v) is 10.6. The Bertz CT molecular complexity index is 607. The van der Waals surface area contributed by atoms with Crippen LogP contribution in [0, 0.1) is 11.8 Å². The van der Waals surface area contributed by atoms with E-state index in [1.54, 1.807) is 24.3 Å². The quantitative estimate of drug-likeness (QED) is 0.576. The number of nitrogens with one attached hydrogen (secondary N) is 3. The number of anilines is 1. The Kier molecular flexibility index (Phi) is 9.44. The van der Waals surface area contributed by atoms with Gasteiger partial charge >= 0.3 is 0 Å². The van der Waals surface area contributed by atoms with Gasteiger partial charge in [0.05, 0.1) is 0 Å². The van der Waals surface area contributed by atoms with E-state index in [2.05, 4.69) is 41.6 Å². The number of hydrogen-bond acceptors (Lipinski definition) is 4. The van der Waals surface area contributed by atoms with Gasteiger partial charge in [0.25, 0.3) is 5.91 Å². The summed E-state index contributed by atoms with van der Waals surface area (Å²) < 4.78 is 0. The normalized spacial score (nSPS) is 17.9. The minimum atomic E-state index is -0.0801. The number of piperidine rings is 1. The van der Waals surface area contributed by atoms with Crippen molar-refractivity contribution >= 4 is 17.5 Å². The lowest BCUT2D eigenvalue weighted by molar-refractivity contribution is -0.117. The topological polar surface area (TPSA) is 73.5 Å². The number of carbonyl (C=O) groups excluding carboxylic acids is 2. The maximum absolute atomic E-state index is 12.3. The van der Waals surface area contributed by atoms with Crippen molar-refractivity contribution in [2.75, 3.05) is 44.6 Å². The fourth-order valence-electron chi connectivity index (χ4n) is 3.71. The average molecular weight is 389 g/mol. The molecule has 6 heteroatoms. The lowest BCUT2D eigenvalue weighted by atomic mass is 9.85. The molecular formula is C22H36N4O2. The summed E-state index contributed by atoms with van der Waals surface area (Å²) in [5.74, 6) is 0.892. The van der Waals surface area contributed by atoms with E-state index in [4.69, 9.17) is 0 Å². The minimum absolute atomic E-state index is 0.0366. The molecule has 2 atom stereocenters. The highest BCUT2D eigenvalue weighted by molar-refractivity contribution is 5.95. The number of nitrogens with zero attached hydrogens (tertiary/aromatic N) is 1. The zero-order valence-electron chi connectivity index (χ0n) is 17.6. The maximum atomic E-state index is 12.3. The van der Waals surface area contributed by atoms with Crippen molar-refractivity contribution in [3.05, 3.63) is 29.8 Å². The molecular weight excluding hydrogens is 352 g/mol. The Labute approximate surface area is 169 Å². The van der Waals surface area contributed by atoms with Crippen LogP contribution in [-0.4, -0.2) is 56.0 Å². The highest BCUT2D eigenvalue weighted by Gasteiger charge is 2.22. The zero-order chi connectivity index (χ0) is 20.4. The summed E-state index contributed by atoms with van der Waals surface area (Å²) in [6.07, 6.45) is 2.91. The van der Waals surface area contributed by atoms with Crippen LogP contribution in [0.4, 0.5) is 5.69 Å². The predicted octanol–water partition coefficient (Wildman–Crippen LogP) is 2.72. The van der Waals surface area contributed by atoms with Crippen LogP contribution in [0.15, 0.2) is 24.3 Å². The van der Waals surface area contributed by atoms with Gasteiger partial charge in [0.15, 0.2) is 0 Å². The van der Waals surface area contributed by atoms with Gasteiger partial charge in [0.1, 0.15) is 0 Å². The molecule has 2 amide bonds. The van der Waals surface area contributed by atoms with Gasteiger partial charge in [0, 0.05) is 30.8 Å². The predicted molar refractivity (Wildman–Crippen MR) is 115 cm³/mol. The van der Waals surface area contributed by atoms with Crippen molar-refractivity contribution in [2.24, 2.45) is 11.8 Å². The van der Waals surface area contributed by atoms with Gasteiger partial charge in [-0.1, -0.05) is 20.8 Å². The standard InChI is InChI=1S/C22H36N4O2/c1-4-26(5-2)14-13-24-22(28)18-8-10-20(11-9-18)25-21(27)15-17(3)19-7-6-12-23-16-19/h8-11,17,19,23H,4-7,12-16H2,1-3H3,(H,24,28)(H,25,27). The second-order valence-electron chi connectivity index (χ2n) is 7.70. The van der Waals surface area contributed by atoms with Gasteiger partial charge in [-0.3, -0.25) is 9.59 Å². The molecule has 1 aliphatic rings. The Hall–Kier alpha value is -1.92. The lowest BCUT2D eigenvalue weighted by Gasteiger charge is -2.28. The fraction of sp³-hybridized carbons (Fsp3) is 0.636. The van der Waals surface area contributed by atoms with E-state index >= 15 is 0 Å². The van der Waals surface area contributed by atoms with E-state index in [9.17, 15) is 9.59 Å². The Morgan fingerprint density at radius 2 is 1.93 bits per heavy atom. The number of hydrogen-bond donors (Lipinski definition) is 3. The highest BCUT2D eigenvalue weighted by Crippen LogP contribution is 2.23. The molecule has 28 heavy (non-hydrogen) atoms. The monoisotopic (exact) mass is 388 g/mol. The lowest BCUT2D eigenvalue weighted by Crippen LogP contribution is -2.34. The summed E-state index contributed by atoms with van der Waals surface area (Å²) in [6, 6.07) is 7.11. The molecule has 0 saturated carbocycles. The molecule has 0 bridgehead atoms. The number of rotatable bonds is 10. The molecule has 1 aliphatic heterocycles. The van der Waals surface area contributed by atoms with E-state index in [1.807, 2.05) is 0 Å². The van der Waals surface area contributed by atoms with Crippen LogP contribution in [0.1, 0.15) is 50.4 Å². The molecule has 1 saturated heterocycles. The van der Waals surface area contributed by atoms with Crippen molar-refractivity contribution in [3.63, 3.8) is 0 Å². The largest absolute Gasteiger partial charge is 0.351 e. The molecule has 1 heterocycles. The van der Waals surface area contributed by atoms with Crippen molar-refractivity contribution < 1.29 is 9.59 Å². The number of carbonyl (C=O) groups is 2. The van der Waals surface area contributed by atoms with Gasteiger partial charge < -0.3 is 20.9 Å². The Balaban J connectivity index is 1.76. The molecule has 0 radical (unpaired) electrons. The third-order valence-electron chi connectivity index (χ3n) is 5.69. The van der Waals surface area contributed by atoms with E-state index in [0.717, 1.165) is 38.4 Å². The van der Waals surface area contributed by atoms with E-state index in [-0.39, 0.29) is 11.8 Å². The molecule has 1 aromatic carbocycles. The summed E-state index contributed by atoms with van der Waals surface area (Å²) in [5.41, 5.74) is 1.35. The van der Waals surface area contributed by atoms with Gasteiger partial charge in [-0.25, -0.2) is 0 Å². The molecule has 2 unspecified atom stereocenters. The first-order valence-electron chi connectivity index (χ1n) is 10.6. The van der Waals surface area contributed by atoms with Crippen molar-refractivity contribution in [1.29, 1.82) is 0 Å². The van der Waals surface area contributed by atoms with E-state index in [0.29, 0.717) is 30.4 Å². The first-order chi connectivity index (χ1) is 13.5. The molecule has 0 aliphatic carbocycles. The van der Waals surface area contributed by atoms with Crippen LogP contribution >= 0.6 is 0 Å². The summed E-state index contributed by atoms with van der Waals surface area (Å²) in [4.78, 5) is 26.8. The van der Waals surface area contributed by atoms with Crippen molar-refractivity contribution in [1.82, 2.24) is 15.5 Å². The summed E-state index contributed by atoms with van der Waals surface area (Å²) in [6.45, 7) is 11.9. The fourth-order valence-corrected chi connectivity index (χ4v) is 3.71. The highest BCUT2D eigenvalue weighted by atomic mass is 16.2. The van der Waals surface area contributed by atoms with Crippen molar-refractivity contribution in [2.45, 2.75) is 40.0 Å². The maximum Gasteiger partial charge on any atom is 0.251 e. The number of benzene rings is 1. The molecule has 6 nitrogen and oxygen atoms in total. The van der Waals surface area contributed by atoms with Crippen LogP contribution in [0.2, 0.25) is 0 Å². The molecule has 1 fully saturated rings. The van der Waals surface area contributed by atoms with Crippen LogP contribution in [0.25, 0.3) is 0 Å². The summed E-state index contributed by atoms with van der Waals surface area (Å²) in [5, 5.41) is 9.31. The molecule has 3 N–H and O–H groups in total. The molecule has 156 valence electrons. The second kappa shape index (κ2) is 11.8. The Morgan fingerprint density at radius 1 is 1.21 bits per heavy atom. The summed E-state index contributed by atoms with van der Waals surface area (Å²) in [7, 11) is 0. The third kappa shape index (κ3) is 7.24. The van der Waals surface area contributed by atoms with Crippen molar-refractivity contribution in [3.8, 4) is 0 Å². The SMILES string of the molecule is CCN(CC)CCNC(=O)c1ccc(NC(=O)CC(C)C2CCCNC2)cc1. The minimum Gasteiger partial charge on any atom is -0.351 e.